The lowest BCUT2D eigenvalue weighted by atomic mass is 10.2. The molecule has 1 aromatic carbocycles. The molecule has 2 N–H and O–H groups in total. The molecule has 2 rings (SSSR count). The summed E-state index contributed by atoms with van der Waals surface area (Å²) in [6.45, 7) is 1.66. The van der Waals surface area contributed by atoms with Gasteiger partial charge in [-0.2, -0.15) is 0 Å². The van der Waals surface area contributed by atoms with Crippen molar-refractivity contribution in [2.24, 2.45) is 0 Å². The van der Waals surface area contributed by atoms with Gasteiger partial charge < -0.3 is 10.3 Å². The van der Waals surface area contributed by atoms with Crippen molar-refractivity contribution in [3.05, 3.63) is 62.0 Å². The summed E-state index contributed by atoms with van der Waals surface area (Å²) in [6.07, 6.45) is 1.22. The molecule has 0 unspecified atom stereocenters. The number of H-pyrrole nitrogens is 1. The zero-order valence-corrected chi connectivity index (χ0v) is 11.8. The van der Waals surface area contributed by atoms with Gasteiger partial charge in [0.1, 0.15) is 17.2 Å². The first-order chi connectivity index (χ1) is 9.38. The average Bonchev–Trinajstić information content (AvgIpc) is 2.35. The molecule has 0 aliphatic rings. The fraction of sp³-hybridized carbons (Fsp3) is 0.0769. The molecule has 0 aliphatic heterocycles. The quantitative estimate of drug-likeness (QED) is 0.824. The topological polar surface area (TPSA) is 62.0 Å². The van der Waals surface area contributed by atoms with Crippen molar-refractivity contribution in [3.8, 4) is 0 Å². The largest absolute Gasteiger partial charge is 0.364 e. The van der Waals surface area contributed by atoms with Crippen LogP contribution in [0.1, 0.15) is 16.1 Å². The van der Waals surface area contributed by atoms with Gasteiger partial charge in [-0.05, 0) is 28.9 Å². The monoisotopic (exact) mass is 342 g/mol. The summed E-state index contributed by atoms with van der Waals surface area (Å²) in [5.74, 6) is -2.35. The Morgan fingerprint density at radius 3 is 2.60 bits per heavy atom. The Labute approximate surface area is 121 Å². The van der Waals surface area contributed by atoms with Crippen LogP contribution in [0.25, 0.3) is 0 Å². The van der Waals surface area contributed by atoms with E-state index in [9.17, 15) is 18.4 Å². The number of hydrogen-bond donors (Lipinski definition) is 2. The molecule has 1 amide bonds. The van der Waals surface area contributed by atoms with E-state index in [1.165, 1.54) is 12.3 Å². The lowest BCUT2D eigenvalue weighted by molar-refractivity contribution is 0.102. The van der Waals surface area contributed by atoms with Crippen LogP contribution in [0.4, 0.5) is 14.5 Å². The van der Waals surface area contributed by atoms with Crippen LogP contribution in [-0.2, 0) is 0 Å². The summed E-state index contributed by atoms with van der Waals surface area (Å²) in [4.78, 5) is 26.2. The fourth-order valence-electron chi connectivity index (χ4n) is 1.56. The van der Waals surface area contributed by atoms with Crippen LogP contribution < -0.4 is 10.7 Å². The van der Waals surface area contributed by atoms with Crippen LogP contribution in [0, 0.1) is 18.6 Å². The molecule has 0 aliphatic carbocycles. The van der Waals surface area contributed by atoms with E-state index >= 15 is 0 Å². The Morgan fingerprint density at radius 1 is 1.25 bits per heavy atom. The minimum atomic E-state index is -0.813. The van der Waals surface area contributed by atoms with Gasteiger partial charge in [-0.3, -0.25) is 9.59 Å². The van der Waals surface area contributed by atoms with Gasteiger partial charge in [0, 0.05) is 24.0 Å². The number of anilines is 1. The Morgan fingerprint density at radius 2 is 1.95 bits per heavy atom. The van der Waals surface area contributed by atoms with Gasteiger partial charge in [-0.25, -0.2) is 8.78 Å². The zero-order chi connectivity index (χ0) is 14.9. The number of carbonyl (C=O) groups excluding carboxylic acids is 1. The number of pyridine rings is 1. The van der Waals surface area contributed by atoms with Crippen molar-refractivity contribution in [2.45, 2.75) is 6.92 Å². The van der Waals surface area contributed by atoms with Crippen LogP contribution in [-0.4, -0.2) is 10.9 Å². The fourth-order valence-corrected chi connectivity index (χ4v) is 1.87. The molecule has 1 aromatic heterocycles. The number of halogens is 3. The van der Waals surface area contributed by atoms with Crippen molar-refractivity contribution in [2.75, 3.05) is 5.32 Å². The maximum absolute atomic E-state index is 13.6. The van der Waals surface area contributed by atoms with Crippen molar-refractivity contribution in [1.29, 1.82) is 0 Å². The van der Waals surface area contributed by atoms with Crippen molar-refractivity contribution >= 4 is 27.5 Å². The van der Waals surface area contributed by atoms with E-state index in [0.717, 1.165) is 12.1 Å². The number of aryl methyl sites for hydroxylation is 1. The van der Waals surface area contributed by atoms with Crippen LogP contribution in [0.5, 0.6) is 0 Å². The average molecular weight is 343 g/mol. The van der Waals surface area contributed by atoms with Gasteiger partial charge in [-0.1, -0.05) is 0 Å². The third kappa shape index (κ3) is 2.93. The Bertz CT molecular complexity index is 744. The smallest absolute Gasteiger partial charge is 0.261 e. The summed E-state index contributed by atoms with van der Waals surface area (Å²) in [7, 11) is 0. The molecule has 104 valence electrons. The predicted octanol–water partition coefficient (Wildman–Crippen LogP) is 2.98. The van der Waals surface area contributed by atoms with E-state index in [2.05, 4.69) is 26.2 Å². The van der Waals surface area contributed by atoms with E-state index in [0.29, 0.717) is 5.69 Å². The third-order valence-corrected chi connectivity index (χ3v) is 3.17. The van der Waals surface area contributed by atoms with Gasteiger partial charge in [0.2, 0.25) is 0 Å². The lowest BCUT2D eigenvalue weighted by Crippen LogP contribution is -2.22. The minimum Gasteiger partial charge on any atom is -0.364 e. The Hall–Kier alpha value is -2.02. The van der Waals surface area contributed by atoms with Crippen molar-refractivity contribution < 1.29 is 13.6 Å². The van der Waals surface area contributed by atoms with Crippen LogP contribution >= 0.6 is 15.9 Å². The number of rotatable bonds is 2. The second-order valence-corrected chi connectivity index (χ2v) is 4.95. The number of benzene rings is 1. The molecule has 20 heavy (non-hydrogen) atoms. The van der Waals surface area contributed by atoms with Crippen LogP contribution in [0.15, 0.2) is 33.7 Å². The predicted molar refractivity (Wildman–Crippen MR) is 73.8 cm³/mol. The Balaban J connectivity index is 2.33. The molecular formula is C13H9BrF2N2O2. The molecule has 0 saturated heterocycles. The number of carbonyl (C=O) groups is 1. The summed E-state index contributed by atoms with van der Waals surface area (Å²) >= 11 is 2.83. The third-order valence-electron chi connectivity index (χ3n) is 2.56. The highest BCUT2D eigenvalue weighted by Crippen LogP contribution is 2.23. The van der Waals surface area contributed by atoms with E-state index in [1.54, 1.807) is 6.92 Å². The van der Waals surface area contributed by atoms with E-state index < -0.39 is 23.0 Å². The highest BCUT2D eigenvalue weighted by Gasteiger charge is 2.14. The second kappa shape index (κ2) is 5.54. The first-order valence-corrected chi connectivity index (χ1v) is 6.33. The maximum atomic E-state index is 13.6. The first-order valence-electron chi connectivity index (χ1n) is 5.53. The number of amides is 1. The molecule has 0 radical (unpaired) electrons. The molecule has 4 nitrogen and oxygen atoms in total. The van der Waals surface area contributed by atoms with E-state index in [-0.39, 0.29) is 15.7 Å². The van der Waals surface area contributed by atoms with Crippen molar-refractivity contribution in [1.82, 2.24) is 4.98 Å². The molecule has 0 saturated carbocycles. The standard InChI is InChI=1S/C13H9BrF2N2O2/c1-6-2-12(19)7(5-17-6)13(20)18-11-4-9(15)8(14)3-10(11)16/h2-5H,1H3,(H,17,19)(H,18,20). The molecule has 0 bridgehead atoms. The number of aromatic nitrogens is 1. The number of nitrogens with one attached hydrogen (secondary N) is 2. The number of aromatic amines is 1. The van der Waals surface area contributed by atoms with Crippen LogP contribution in [0.3, 0.4) is 0 Å². The summed E-state index contributed by atoms with van der Waals surface area (Å²) in [6, 6.07) is 2.97. The molecule has 7 heteroatoms. The van der Waals surface area contributed by atoms with Crippen molar-refractivity contribution in [3.63, 3.8) is 0 Å². The van der Waals surface area contributed by atoms with Gasteiger partial charge in [0.15, 0.2) is 5.43 Å². The SMILES string of the molecule is Cc1cc(=O)c(C(=O)Nc2cc(F)c(Br)cc2F)c[nH]1. The molecule has 0 fully saturated rings. The van der Waals surface area contributed by atoms with Gasteiger partial charge in [0.25, 0.3) is 5.91 Å². The highest BCUT2D eigenvalue weighted by atomic mass is 79.9. The van der Waals surface area contributed by atoms with Crippen LogP contribution in [0.2, 0.25) is 0 Å². The molecule has 2 aromatic rings. The zero-order valence-electron chi connectivity index (χ0n) is 10.3. The van der Waals surface area contributed by atoms with Gasteiger partial charge in [-0.15, -0.1) is 0 Å². The molecule has 0 spiro atoms. The Kier molecular flexibility index (Phi) is 3.99. The highest BCUT2D eigenvalue weighted by molar-refractivity contribution is 9.10. The van der Waals surface area contributed by atoms with Gasteiger partial charge in [0.05, 0.1) is 10.2 Å². The summed E-state index contributed by atoms with van der Waals surface area (Å²) < 4.78 is 26.8. The van der Waals surface area contributed by atoms with E-state index in [4.69, 9.17) is 0 Å². The first kappa shape index (κ1) is 14.4. The van der Waals surface area contributed by atoms with Gasteiger partial charge >= 0.3 is 0 Å². The lowest BCUT2D eigenvalue weighted by Gasteiger charge is -2.07. The second-order valence-electron chi connectivity index (χ2n) is 4.09. The normalized spacial score (nSPS) is 10.4. The molecule has 0 atom stereocenters. The summed E-state index contributed by atoms with van der Waals surface area (Å²) in [5, 5.41) is 2.16. The number of hydrogen-bond acceptors (Lipinski definition) is 2. The molecule has 1 heterocycles. The maximum Gasteiger partial charge on any atom is 0.261 e. The molecular weight excluding hydrogens is 334 g/mol. The van der Waals surface area contributed by atoms with E-state index in [1.807, 2.05) is 0 Å². The summed E-state index contributed by atoms with van der Waals surface area (Å²) in [5.41, 5.74) is -0.432. The minimum absolute atomic E-state index is 0.0545.